The average molecular weight is 366 g/mol. The molecule has 138 valence electrons. The SMILES string of the molecule is CCCCC/C=C(/F)c1ccc(-c2c(C(=O)O)cc(F)c(F)c2F)cc1. The Morgan fingerprint density at radius 3 is 2.31 bits per heavy atom. The van der Waals surface area contributed by atoms with Crippen LogP contribution in [0.5, 0.6) is 0 Å². The number of carboxylic acid groups (broad SMARTS) is 1. The largest absolute Gasteiger partial charge is 0.478 e. The number of carbonyl (C=O) groups is 1. The fourth-order valence-electron chi connectivity index (χ4n) is 2.58. The van der Waals surface area contributed by atoms with Crippen molar-refractivity contribution >= 4 is 11.8 Å². The van der Waals surface area contributed by atoms with E-state index in [1.165, 1.54) is 30.3 Å². The Kier molecular flexibility index (Phi) is 6.55. The number of rotatable bonds is 7. The Morgan fingerprint density at radius 2 is 1.73 bits per heavy atom. The average Bonchev–Trinajstić information content (AvgIpc) is 2.63. The molecule has 0 atom stereocenters. The first-order chi connectivity index (χ1) is 12.4. The molecule has 0 saturated heterocycles. The number of unbranched alkanes of at least 4 members (excludes halogenated alkanes) is 3. The normalized spacial score (nSPS) is 11.7. The van der Waals surface area contributed by atoms with E-state index in [2.05, 4.69) is 0 Å². The van der Waals surface area contributed by atoms with E-state index in [4.69, 9.17) is 5.11 Å². The topological polar surface area (TPSA) is 37.3 Å². The van der Waals surface area contributed by atoms with Crippen molar-refractivity contribution in [3.05, 3.63) is 65.0 Å². The smallest absolute Gasteiger partial charge is 0.336 e. The summed E-state index contributed by atoms with van der Waals surface area (Å²) in [6.45, 7) is 2.04. The lowest BCUT2D eigenvalue weighted by molar-refractivity contribution is 0.0696. The van der Waals surface area contributed by atoms with Crippen LogP contribution in [0.1, 0.15) is 48.5 Å². The highest BCUT2D eigenvalue weighted by Crippen LogP contribution is 2.31. The van der Waals surface area contributed by atoms with Crippen LogP contribution in [-0.4, -0.2) is 11.1 Å². The number of halogens is 4. The van der Waals surface area contributed by atoms with Crippen LogP contribution < -0.4 is 0 Å². The molecular weight excluding hydrogens is 348 g/mol. The van der Waals surface area contributed by atoms with Crippen molar-refractivity contribution in [2.24, 2.45) is 0 Å². The molecule has 2 aromatic rings. The molecular formula is C20H18F4O2. The summed E-state index contributed by atoms with van der Waals surface area (Å²) in [4.78, 5) is 11.2. The maximum Gasteiger partial charge on any atom is 0.336 e. The van der Waals surface area contributed by atoms with Gasteiger partial charge in [0.2, 0.25) is 0 Å². The van der Waals surface area contributed by atoms with Crippen molar-refractivity contribution in [3.8, 4) is 11.1 Å². The van der Waals surface area contributed by atoms with E-state index in [0.717, 1.165) is 19.3 Å². The second kappa shape index (κ2) is 8.65. The molecule has 0 bridgehead atoms. The molecule has 0 aromatic heterocycles. The van der Waals surface area contributed by atoms with Crippen molar-refractivity contribution in [2.75, 3.05) is 0 Å². The molecule has 2 rings (SSSR count). The number of benzene rings is 2. The highest BCUT2D eigenvalue weighted by Gasteiger charge is 2.23. The third kappa shape index (κ3) is 4.31. The number of aromatic carboxylic acids is 1. The Bertz CT molecular complexity index is 827. The van der Waals surface area contributed by atoms with Crippen LogP contribution in [0.25, 0.3) is 17.0 Å². The minimum absolute atomic E-state index is 0.0151. The molecule has 0 saturated carbocycles. The van der Waals surface area contributed by atoms with Crippen LogP contribution in [0, 0.1) is 17.5 Å². The van der Waals surface area contributed by atoms with E-state index >= 15 is 0 Å². The Balaban J connectivity index is 2.37. The summed E-state index contributed by atoms with van der Waals surface area (Å²) in [5, 5.41) is 9.13. The predicted octanol–water partition coefficient (Wildman–Crippen LogP) is 6.36. The van der Waals surface area contributed by atoms with Crippen LogP contribution in [-0.2, 0) is 0 Å². The van der Waals surface area contributed by atoms with E-state index in [1.54, 1.807) is 0 Å². The standard InChI is InChI=1S/C20H18F4O2/c1-2-3-4-5-6-15(21)12-7-9-13(10-8-12)17-14(20(25)26)11-16(22)18(23)19(17)24/h6-11H,2-5H2,1H3,(H,25,26)/b15-6+. The molecule has 1 N–H and O–H groups in total. The molecule has 0 unspecified atom stereocenters. The van der Waals surface area contributed by atoms with Gasteiger partial charge in [0, 0.05) is 11.1 Å². The molecule has 0 fully saturated rings. The van der Waals surface area contributed by atoms with Gasteiger partial charge in [-0.2, -0.15) is 0 Å². The van der Waals surface area contributed by atoms with Gasteiger partial charge in [-0.05, 0) is 30.5 Å². The lowest BCUT2D eigenvalue weighted by Gasteiger charge is -2.10. The summed E-state index contributed by atoms with van der Waals surface area (Å²) in [7, 11) is 0. The summed E-state index contributed by atoms with van der Waals surface area (Å²) < 4.78 is 55.0. The van der Waals surface area contributed by atoms with Crippen molar-refractivity contribution in [1.82, 2.24) is 0 Å². The van der Waals surface area contributed by atoms with Gasteiger partial charge in [0.25, 0.3) is 0 Å². The van der Waals surface area contributed by atoms with E-state index in [9.17, 15) is 22.4 Å². The van der Waals surface area contributed by atoms with Gasteiger partial charge in [-0.3, -0.25) is 0 Å². The number of carboxylic acids is 1. The Labute approximate surface area is 148 Å². The van der Waals surface area contributed by atoms with Crippen LogP contribution in [0.4, 0.5) is 17.6 Å². The fourth-order valence-corrected chi connectivity index (χ4v) is 2.58. The van der Waals surface area contributed by atoms with E-state index < -0.39 is 40.4 Å². The monoisotopic (exact) mass is 366 g/mol. The molecule has 0 heterocycles. The van der Waals surface area contributed by atoms with Crippen molar-refractivity contribution in [3.63, 3.8) is 0 Å². The van der Waals surface area contributed by atoms with Gasteiger partial charge in [0.1, 0.15) is 5.83 Å². The lowest BCUT2D eigenvalue weighted by Crippen LogP contribution is -2.06. The predicted molar refractivity (Wildman–Crippen MR) is 91.9 cm³/mol. The van der Waals surface area contributed by atoms with Gasteiger partial charge in [0.15, 0.2) is 17.5 Å². The van der Waals surface area contributed by atoms with Gasteiger partial charge >= 0.3 is 5.97 Å². The summed E-state index contributed by atoms with van der Waals surface area (Å²) in [5.74, 6) is -6.97. The second-order valence-corrected chi connectivity index (χ2v) is 5.84. The number of allylic oxidation sites excluding steroid dienone is 1. The summed E-state index contributed by atoms with van der Waals surface area (Å²) in [5.41, 5.74) is -1.02. The van der Waals surface area contributed by atoms with Crippen molar-refractivity contribution < 1.29 is 27.5 Å². The summed E-state index contributed by atoms with van der Waals surface area (Å²) >= 11 is 0. The van der Waals surface area contributed by atoms with Gasteiger partial charge in [-0.1, -0.05) is 44.0 Å². The summed E-state index contributed by atoms with van der Waals surface area (Å²) in [6.07, 6.45) is 4.92. The van der Waals surface area contributed by atoms with Gasteiger partial charge < -0.3 is 5.11 Å². The van der Waals surface area contributed by atoms with Crippen LogP contribution in [0.15, 0.2) is 36.4 Å². The van der Waals surface area contributed by atoms with Crippen molar-refractivity contribution in [2.45, 2.75) is 32.6 Å². The molecule has 0 aliphatic heterocycles. The highest BCUT2D eigenvalue weighted by atomic mass is 19.2. The third-order valence-electron chi connectivity index (χ3n) is 3.97. The third-order valence-corrected chi connectivity index (χ3v) is 3.97. The number of hydrogen-bond donors (Lipinski definition) is 1. The minimum atomic E-state index is -1.75. The van der Waals surface area contributed by atoms with Crippen LogP contribution >= 0.6 is 0 Å². The molecule has 0 amide bonds. The zero-order chi connectivity index (χ0) is 19.3. The van der Waals surface area contributed by atoms with Crippen LogP contribution in [0.2, 0.25) is 0 Å². The summed E-state index contributed by atoms with van der Waals surface area (Å²) in [6, 6.07) is 5.66. The van der Waals surface area contributed by atoms with Crippen molar-refractivity contribution in [1.29, 1.82) is 0 Å². The first-order valence-corrected chi connectivity index (χ1v) is 8.24. The lowest BCUT2D eigenvalue weighted by atomic mass is 9.97. The van der Waals surface area contributed by atoms with Crippen LogP contribution in [0.3, 0.4) is 0 Å². The minimum Gasteiger partial charge on any atom is -0.478 e. The zero-order valence-electron chi connectivity index (χ0n) is 14.2. The molecule has 0 aliphatic carbocycles. The maximum atomic E-state index is 14.1. The van der Waals surface area contributed by atoms with Gasteiger partial charge in [-0.15, -0.1) is 0 Å². The Morgan fingerprint density at radius 1 is 1.08 bits per heavy atom. The maximum absolute atomic E-state index is 14.1. The first kappa shape index (κ1) is 19.7. The zero-order valence-corrected chi connectivity index (χ0v) is 14.2. The van der Waals surface area contributed by atoms with Gasteiger partial charge in [0.05, 0.1) is 5.56 Å². The molecule has 0 aliphatic rings. The van der Waals surface area contributed by atoms with Gasteiger partial charge in [-0.25, -0.2) is 22.4 Å². The van der Waals surface area contributed by atoms with E-state index in [-0.39, 0.29) is 11.1 Å². The highest BCUT2D eigenvalue weighted by molar-refractivity contribution is 5.96. The molecule has 6 heteroatoms. The fraction of sp³-hybridized carbons (Fsp3) is 0.250. The molecule has 26 heavy (non-hydrogen) atoms. The molecule has 0 spiro atoms. The Hall–Kier alpha value is -2.63. The molecule has 0 radical (unpaired) electrons. The van der Waals surface area contributed by atoms with E-state index in [1.807, 2.05) is 6.92 Å². The van der Waals surface area contributed by atoms with E-state index in [0.29, 0.717) is 12.5 Å². The first-order valence-electron chi connectivity index (χ1n) is 8.24. The molecule has 2 nitrogen and oxygen atoms in total. The second-order valence-electron chi connectivity index (χ2n) is 5.84. The molecule has 2 aromatic carbocycles. The number of hydrogen-bond acceptors (Lipinski definition) is 1. The quantitative estimate of drug-likeness (QED) is 0.352.